The van der Waals surface area contributed by atoms with E-state index in [-0.39, 0.29) is 19.3 Å². The van der Waals surface area contributed by atoms with Gasteiger partial charge in [-0.2, -0.15) is 0 Å². The van der Waals surface area contributed by atoms with Crippen LogP contribution in [0.5, 0.6) is 0 Å². The molecule has 0 bridgehead atoms. The Kier molecular flexibility index (Phi) is 95.9. The molecule has 16 nitrogen and oxygen atoms in total. The predicted molar refractivity (Wildman–Crippen MR) is 537 cm³/mol. The molecule has 18 heteroatoms. The third-order valence-corrected chi connectivity index (χ3v) is 23.8. The van der Waals surface area contributed by atoms with Crippen molar-refractivity contribution in [1.29, 1.82) is 0 Å². The van der Waals surface area contributed by atoms with Crippen LogP contribution < -0.4 is 0 Å². The largest absolute Gasteiger partial charge is 0.472 e. The molecule has 730 valence electrons. The number of allylic oxidation sites excluding steroid dienone is 28. The molecule has 0 saturated carbocycles. The minimum absolute atomic E-state index is 0.0987. The van der Waals surface area contributed by atoms with Crippen LogP contribution in [0.4, 0.5) is 0 Å². The Balaban J connectivity index is 4.60. The van der Waals surface area contributed by atoms with Gasteiger partial charge in [0.1, 0.15) is 25.4 Å². The highest BCUT2D eigenvalue weighted by Gasteiger charge is 2.30. The molecule has 0 saturated heterocycles. The summed E-state index contributed by atoms with van der Waals surface area (Å²) in [4.78, 5) is 59.2. The van der Waals surface area contributed by atoms with E-state index < -0.39 is 91.5 Å². The Labute approximate surface area is 777 Å². The number of carbonyl (C=O) groups is 3. The van der Waals surface area contributed by atoms with Crippen molar-refractivity contribution in [2.24, 2.45) is 0 Å². The lowest BCUT2D eigenvalue weighted by Gasteiger charge is -2.21. The van der Waals surface area contributed by atoms with Crippen molar-refractivity contribution in [3.8, 4) is 0 Å². The van der Waals surface area contributed by atoms with E-state index in [0.717, 1.165) is 154 Å². The summed E-state index contributed by atoms with van der Waals surface area (Å²) in [5, 5.41) is 20.8. The molecule has 5 unspecified atom stereocenters. The lowest BCUT2D eigenvalue weighted by Crippen LogP contribution is -2.30. The molecule has 0 aliphatic carbocycles. The molecule has 5 atom stereocenters. The summed E-state index contributed by atoms with van der Waals surface area (Å²) in [7, 11) is -9.82. The zero-order valence-corrected chi connectivity index (χ0v) is 82.7. The zero-order chi connectivity index (χ0) is 92.1. The number of carbonyl (C=O) groups excluding carboxylic acids is 3. The first kappa shape index (κ1) is 122. The van der Waals surface area contributed by atoms with E-state index in [4.69, 9.17) is 32.3 Å². The second kappa shape index (κ2) is 99.9. The molecule has 127 heavy (non-hydrogen) atoms. The molecule has 0 aliphatic heterocycles. The maximum absolute atomic E-state index is 13.1. The SMILES string of the molecule is CC/C=C\C/C=C\C/C=C\C/C=C\C/C=C\CCCCCCCCCCCCCCCCCCCC(=O)OCC(O)COP(=O)(O)OCC(O)COP(=O)(O)OCC(COC(=O)CCCCCCCCCCCCCCCCC/C=C\C/C=C\C/C=C\C/C=C\C/C=C\CC)OC(=O)CCCCCCCCCCCCC/C=C\C/C=C\C/C=C\C/C=C\CCCCC. The molecule has 4 N–H and O–H groups in total. The molecule has 0 rings (SSSR count). The van der Waals surface area contributed by atoms with E-state index in [1.54, 1.807) is 0 Å². The molecule has 0 aromatic rings. The highest BCUT2D eigenvalue weighted by Crippen LogP contribution is 2.45. The van der Waals surface area contributed by atoms with E-state index in [1.807, 2.05) is 0 Å². The van der Waals surface area contributed by atoms with Crippen LogP contribution >= 0.6 is 15.6 Å². The van der Waals surface area contributed by atoms with Crippen LogP contribution in [-0.4, -0.2) is 95.9 Å². The number of hydrogen-bond acceptors (Lipinski definition) is 14. The van der Waals surface area contributed by atoms with Crippen LogP contribution in [0.3, 0.4) is 0 Å². The number of unbranched alkanes of at least 4 members (excludes halogenated alkanes) is 46. The molecule has 0 radical (unpaired) electrons. The second-order valence-electron chi connectivity index (χ2n) is 34.2. The minimum Gasteiger partial charge on any atom is -0.463 e. The Hall–Kier alpha value is -5.09. The van der Waals surface area contributed by atoms with Gasteiger partial charge in [0.15, 0.2) is 6.10 Å². The van der Waals surface area contributed by atoms with Crippen molar-refractivity contribution in [3.63, 3.8) is 0 Å². The lowest BCUT2D eigenvalue weighted by molar-refractivity contribution is -0.161. The van der Waals surface area contributed by atoms with Gasteiger partial charge in [-0.05, 0) is 154 Å². The first-order valence-electron chi connectivity index (χ1n) is 51.4. The summed E-state index contributed by atoms with van der Waals surface area (Å²) >= 11 is 0. The second-order valence-corrected chi connectivity index (χ2v) is 37.1. The first-order valence-corrected chi connectivity index (χ1v) is 54.4. The maximum atomic E-state index is 13.1. The predicted octanol–water partition coefficient (Wildman–Crippen LogP) is 32.6. The standard InChI is InChI=1S/C109H188O16P2/c1-4-7-10-13-16-19-22-25-28-31-34-37-40-43-46-48-50-51-53-55-57-59-62-65-68-71-74-77-80-83-86-89-92-95-107(112)119-98-104(110)99-121-126(115,116)122-100-105(111)101-123-127(117,118)124-103-106(125-109(114)97-94-91-88-85-82-79-76-73-70-67-64-61-56-45-42-39-36-33-30-27-24-21-18-15-12-9-6-3)102-120-108(113)96-93-90-87-84-81-78-75-72-69-66-63-60-58-54-52-49-47-44-41-38-35-32-29-26-23-20-17-14-11-8-5-2/h7-8,10-11,16-21,25-30,34-39,43-47,56,104-106,110-111H,4-6,9,12-15,22-24,31-33,40-42,48-55,57-103H2,1-3H3,(H,115,116)(H,117,118)/b10-7-,11-8-,19-16-,20-17-,21-18-,28-25-,29-26-,30-27-,37-34-,38-35-,39-36-,46-43-,47-44-,56-45-. The number of phosphoric ester groups is 2. The minimum atomic E-state index is -4.95. The van der Waals surface area contributed by atoms with Crippen LogP contribution in [-0.2, 0) is 55.8 Å². The fraction of sp³-hybridized carbons (Fsp3) is 0.716. The summed E-state index contributed by atoms with van der Waals surface area (Å²) in [5.41, 5.74) is 0. The molecule has 0 aromatic heterocycles. The van der Waals surface area contributed by atoms with Gasteiger partial charge in [0.2, 0.25) is 0 Å². The molecular formula is C109H188O16P2. The Morgan fingerprint density at radius 1 is 0.228 bits per heavy atom. The summed E-state index contributed by atoms with van der Waals surface area (Å²) in [6.45, 7) is 2.51. The molecule has 0 amide bonds. The van der Waals surface area contributed by atoms with Gasteiger partial charge in [0.05, 0.1) is 26.4 Å². The maximum Gasteiger partial charge on any atom is 0.472 e. The van der Waals surface area contributed by atoms with Gasteiger partial charge in [-0.1, -0.05) is 441 Å². The zero-order valence-electron chi connectivity index (χ0n) is 80.9. The number of rotatable bonds is 97. The monoisotopic (exact) mass is 1820 g/mol. The van der Waals surface area contributed by atoms with E-state index in [0.29, 0.717) is 19.3 Å². The van der Waals surface area contributed by atoms with Crippen LogP contribution in [0.25, 0.3) is 0 Å². The van der Waals surface area contributed by atoms with Gasteiger partial charge in [-0.15, -0.1) is 0 Å². The Morgan fingerprint density at radius 3 is 0.661 bits per heavy atom. The van der Waals surface area contributed by atoms with Crippen LogP contribution in [0, 0.1) is 0 Å². The quantitative estimate of drug-likeness (QED) is 0.0146. The van der Waals surface area contributed by atoms with Crippen molar-refractivity contribution in [3.05, 3.63) is 170 Å². The number of ether oxygens (including phenoxy) is 3. The van der Waals surface area contributed by atoms with Crippen molar-refractivity contribution < 1.29 is 75.8 Å². The van der Waals surface area contributed by atoms with Gasteiger partial charge in [0.25, 0.3) is 0 Å². The number of aliphatic hydroxyl groups excluding tert-OH is 2. The summed E-state index contributed by atoms with van der Waals surface area (Å²) < 4.78 is 61.7. The Bertz CT molecular complexity index is 2990. The highest BCUT2D eigenvalue weighted by atomic mass is 31.2. The molecule has 0 fully saturated rings. The third kappa shape index (κ3) is 101. The van der Waals surface area contributed by atoms with Crippen LogP contribution in [0.1, 0.15) is 445 Å². The lowest BCUT2D eigenvalue weighted by atomic mass is 10.0. The normalized spacial score (nSPS) is 14.4. The van der Waals surface area contributed by atoms with Crippen molar-refractivity contribution in [2.45, 2.75) is 463 Å². The van der Waals surface area contributed by atoms with Crippen LogP contribution in [0.2, 0.25) is 0 Å². The van der Waals surface area contributed by atoms with Gasteiger partial charge >= 0.3 is 33.6 Å². The number of aliphatic hydroxyl groups is 2. The average Bonchev–Trinajstić information content (AvgIpc) is 0.899. The third-order valence-electron chi connectivity index (χ3n) is 21.9. The average molecular weight is 1820 g/mol. The van der Waals surface area contributed by atoms with Crippen molar-refractivity contribution in [1.82, 2.24) is 0 Å². The molecule has 0 aromatic carbocycles. The first-order chi connectivity index (χ1) is 62.2. The summed E-state index contributed by atoms with van der Waals surface area (Å²) in [5.74, 6) is -1.56. The fourth-order valence-corrected chi connectivity index (χ4v) is 15.8. The number of hydrogen-bond donors (Lipinski definition) is 4. The molecule has 0 spiro atoms. The van der Waals surface area contributed by atoms with E-state index in [2.05, 4.69) is 191 Å². The van der Waals surface area contributed by atoms with Crippen LogP contribution in [0.15, 0.2) is 170 Å². The topological polar surface area (TPSA) is 231 Å². The molecule has 0 heterocycles. The fourth-order valence-electron chi connectivity index (χ4n) is 14.2. The van der Waals surface area contributed by atoms with Crippen molar-refractivity contribution in [2.75, 3.05) is 39.6 Å². The van der Waals surface area contributed by atoms with E-state index in [9.17, 15) is 43.5 Å². The molecular weight excluding hydrogens is 1630 g/mol. The van der Waals surface area contributed by atoms with E-state index in [1.165, 1.54) is 231 Å². The highest BCUT2D eigenvalue weighted by molar-refractivity contribution is 7.47. The smallest absolute Gasteiger partial charge is 0.463 e. The van der Waals surface area contributed by atoms with Gasteiger partial charge < -0.3 is 34.2 Å². The molecule has 0 aliphatic rings. The van der Waals surface area contributed by atoms with Gasteiger partial charge in [-0.3, -0.25) is 32.5 Å². The summed E-state index contributed by atoms with van der Waals surface area (Å²) in [6, 6.07) is 0. The van der Waals surface area contributed by atoms with Crippen molar-refractivity contribution >= 4 is 33.6 Å². The number of esters is 3. The summed E-state index contributed by atoms with van der Waals surface area (Å²) in [6.07, 6.45) is 131. The van der Waals surface area contributed by atoms with Gasteiger partial charge in [0, 0.05) is 19.3 Å². The number of phosphoric acid groups is 2. The van der Waals surface area contributed by atoms with Gasteiger partial charge in [-0.25, -0.2) is 9.13 Å². The van der Waals surface area contributed by atoms with E-state index >= 15 is 0 Å². The Morgan fingerprint density at radius 2 is 0.417 bits per heavy atom.